The maximum Gasteiger partial charge on any atom is 0.408 e. The van der Waals surface area contributed by atoms with Crippen LogP contribution in [0.15, 0.2) is 18.2 Å². The summed E-state index contributed by atoms with van der Waals surface area (Å²) in [7, 11) is 0. The third-order valence-electron chi connectivity index (χ3n) is 3.71. The summed E-state index contributed by atoms with van der Waals surface area (Å²) in [6, 6.07) is 5.57. The zero-order chi connectivity index (χ0) is 20.4. The van der Waals surface area contributed by atoms with Gasteiger partial charge in [0.2, 0.25) is 5.91 Å². The van der Waals surface area contributed by atoms with Crippen LogP contribution in [0, 0.1) is 11.3 Å². The largest absolute Gasteiger partial charge is 0.507 e. The Morgan fingerprint density at radius 2 is 2.00 bits per heavy atom. The molecule has 3 N–H and O–H groups in total. The van der Waals surface area contributed by atoms with Crippen molar-refractivity contribution in [3.05, 3.63) is 29.3 Å². The molecule has 1 aromatic carbocycles. The fraction of sp³-hybridized carbons (Fsp3) is 0.550. The second-order valence-electron chi connectivity index (χ2n) is 7.36. The van der Waals surface area contributed by atoms with E-state index in [1.165, 1.54) is 12.1 Å². The third kappa shape index (κ3) is 8.45. The molecular formula is C20H29N3O4. The zero-order valence-electron chi connectivity index (χ0n) is 16.5. The first-order chi connectivity index (χ1) is 12.7. The van der Waals surface area contributed by atoms with Crippen LogP contribution in [-0.4, -0.2) is 35.3 Å². The van der Waals surface area contributed by atoms with Gasteiger partial charge in [-0.15, -0.1) is 0 Å². The lowest BCUT2D eigenvalue weighted by Gasteiger charge is -2.23. The van der Waals surface area contributed by atoms with Gasteiger partial charge in [0.25, 0.3) is 0 Å². The molecule has 0 bridgehead atoms. The molecule has 0 heterocycles. The Morgan fingerprint density at radius 1 is 1.30 bits per heavy atom. The lowest BCUT2D eigenvalue weighted by Crippen LogP contribution is -2.49. The lowest BCUT2D eigenvalue weighted by atomic mass is 10.0. The first-order valence-corrected chi connectivity index (χ1v) is 9.15. The van der Waals surface area contributed by atoms with Crippen molar-refractivity contribution in [2.45, 2.75) is 65.0 Å². The minimum atomic E-state index is -0.849. The van der Waals surface area contributed by atoms with Crippen LogP contribution in [-0.2, 0) is 16.0 Å². The normalized spacial score (nSPS) is 12.0. The first kappa shape index (κ1) is 22.3. The Morgan fingerprint density at radius 3 is 2.59 bits per heavy atom. The number of hydrogen-bond donors (Lipinski definition) is 3. The van der Waals surface area contributed by atoms with Gasteiger partial charge in [-0.1, -0.05) is 25.8 Å². The Labute approximate surface area is 160 Å². The van der Waals surface area contributed by atoms with Gasteiger partial charge in [0, 0.05) is 13.0 Å². The molecule has 0 aliphatic rings. The molecule has 148 valence electrons. The highest BCUT2D eigenvalue weighted by atomic mass is 16.6. The number of phenolic OH excluding ortho intramolecular Hbond substituents is 1. The molecule has 1 atom stereocenters. The van der Waals surface area contributed by atoms with Crippen molar-refractivity contribution in [2.24, 2.45) is 0 Å². The summed E-state index contributed by atoms with van der Waals surface area (Å²) in [4.78, 5) is 24.6. The van der Waals surface area contributed by atoms with Crippen LogP contribution in [0.3, 0.4) is 0 Å². The van der Waals surface area contributed by atoms with Gasteiger partial charge < -0.3 is 20.5 Å². The molecule has 0 aromatic heterocycles. The van der Waals surface area contributed by atoms with Crippen molar-refractivity contribution in [2.75, 3.05) is 6.54 Å². The van der Waals surface area contributed by atoms with Crippen LogP contribution < -0.4 is 10.6 Å². The fourth-order valence-electron chi connectivity index (χ4n) is 2.40. The number of phenols is 1. The van der Waals surface area contributed by atoms with Gasteiger partial charge in [-0.2, -0.15) is 5.26 Å². The molecule has 2 amide bonds. The number of benzene rings is 1. The predicted octanol–water partition coefficient (Wildman–Crippen LogP) is 3.01. The minimum Gasteiger partial charge on any atom is -0.507 e. The average Bonchev–Trinajstić information content (AvgIpc) is 2.57. The van der Waals surface area contributed by atoms with Crippen LogP contribution in [0.5, 0.6) is 5.75 Å². The number of carbonyl (C=O) groups excluding carboxylic acids is 2. The quantitative estimate of drug-likeness (QED) is 0.605. The van der Waals surface area contributed by atoms with Crippen LogP contribution in [0.4, 0.5) is 4.79 Å². The fourth-order valence-corrected chi connectivity index (χ4v) is 2.40. The SMILES string of the molecule is CCCCCNC(=O)[C@H](Cc1ccc(O)c(C#N)c1)NC(=O)OC(C)(C)C. The van der Waals surface area contributed by atoms with E-state index in [9.17, 15) is 14.7 Å². The molecule has 0 saturated carbocycles. The van der Waals surface area contributed by atoms with E-state index in [0.29, 0.717) is 12.1 Å². The molecule has 7 heteroatoms. The maximum atomic E-state index is 12.5. The minimum absolute atomic E-state index is 0.117. The van der Waals surface area contributed by atoms with Crippen LogP contribution in [0.2, 0.25) is 0 Å². The molecule has 7 nitrogen and oxygen atoms in total. The van der Waals surface area contributed by atoms with Crippen molar-refractivity contribution < 1.29 is 19.4 Å². The van der Waals surface area contributed by atoms with E-state index >= 15 is 0 Å². The molecule has 0 aliphatic heterocycles. The molecule has 1 rings (SSSR count). The van der Waals surface area contributed by atoms with Crippen molar-refractivity contribution >= 4 is 12.0 Å². The predicted molar refractivity (Wildman–Crippen MR) is 102 cm³/mol. The summed E-state index contributed by atoms with van der Waals surface area (Å²) in [6.45, 7) is 7.83. The van der Waals surface area contributed by atoms with Crippen molar-refractivity contribution in [1.29, 1.82) is 5.26 Å². The van der Waals surface area contributed by atoms with Gasteiger partial charge in [0.1, 0.15) is 23.5 Å². The van der Waals surface area contributed by atoms with E-state index in [2.05, 4.69) is 17.6 Å². The first-order valence-electron chi connectivity index (χ1n) is 9.15. The average molecular weight is 375 g/mol. The number of aromatic hydroxyl groups is 1. The van der Waals surface area contributed by atoms with E-state index in [1.807, 2.05) is 6.07 Å². The molecule has 0 fully saturated rings. The summed E-state index contributed by atoms with van der Waals surface area (Å²) in [5, 5.41) is 24.1. The van der Waals surface area contributed by atoms with Crippen molar-refractivity contribution in [3.63, 3.8) is 0 Å². The molecule has 1 aromatic rings. The van der Waals surface area contributed by atoms with E-state index in [0.717, 1.165) is 19.3 Å². The second-order valence-corrected chi connectivity index (χ2v) is 7.36. The molecule has 0 radical (unpaired) electrons. The number of unbranched alkanes of at least 4 members (excludes halogenated alkanes) is 2. The number of amides is 2. The van der Waals surface area contributed by atoms with E-state index in [1.54, 1.807) is 26.8 Å². The molecule has 0 spiro atoms. The Bertz CT molecular complexity index is 689. The van der Waals surface area contributed by atoms with Crippen molar-refractivity contribution in [1.82, 2.24) is 10.6 Å². The number of hydrogen-bond acceptors (Lipinski definition) is 5. The topological polar surface area (TPSA) is 111 Å². The van der Waals surface area contributed by atoms with Gasteiger partial charge in [0.05, 0.1) is 5.56 Å². The lowest BCUT2D eigenvalue weighted by molar-refractivity contribution is -0.123. The van der Waals surface area contributed by atoms with Gasteiger partial charge in [-0.05, 0) is 44.9 Å². The number of alkyl carbamates (subject to hydrolysis) is 1. The zero-order valence-corrected chi connectivity index (χ0v) is 16.5. The molecular weight excluding hydrogens is 346 g/mol. The molecule has 27 heavy (non-hydrogen) atoms. The van der Waals surface area contributed by atoms with Gasteiger partial charge in [-0.25, -0.2) is 4.79 Å². The molecule has 0 saturated heterocycles. The number of nitrogens with one attached hydrogen (secondary N) is 2. The van der Waals surface area contributed by atoms with Crippen LogP contribution >= 0.6 is 0 Å². The number of nitrogens with zero attached hydrogens (tertiary/aromatic N) is 1. The van der Waals surface area contributed by atoms with E-state index < -0.39 is 17.7 Å². The number of ether oxygens (including phenoxy) is 1. The van der Waals surface area contributed by atoms with Crippen molar-refractivity contribution in [3.8, 4) is 11.8 Å². The Kier molecular flexibility index (Phi) is 8.60. The second kappa shape index (κ2) is 10.4. The molecule has 0 unspecified atom stereocenters. The molecule has 0 aliphatic carbocycles. The highest BCUT2D eigenvalue weighted by molar-refractivity contribution is 5.86. The van der Waals surface area contributed by atoms with Crippen LogP contribution in [0.1, 0.15) is 58.1 Å². The monoisotopic (exact) mass is 375 g/mol. The smallest absolute Gasteiger partial charge is 0.408 e. The summed E-state index contributed by atoms with van der Waals surface area (Å²) in [5.41, 5.74) is 0.0830. The maximum absolute atomic E-state index is 12.5. The number of carbonyl (C=O) groups is 2. The number of rotatable bonds is 8. The standard InChI is InChI=1S/C20H29N3O4/c1-5-6-7-10-22-18(25)16(23-19(26)27-20(2,3)4)12-14-8-9-17(24)15(11-14)13-21/h8-9,11,16,24H,5-7,10,12H2,1-4H3,(H,22,25)(H,23,26)/t16-/m0/s1. The van der Waals surface area contributed by atoms with Gasteiger partial charge in [0.15, 0.2) is 0 Å². The summed E-state index contributed by atoms with van der Waals surface area (Å²) >= 11 is 0. The Balaban J connectivity index is 2.87. The highest BCUT2D eigenvalue weighted by Crippen LogP contribution is 2.18. The summed E-state index contributed by atoms with van der Waals surface area (Å²) < 4.78 is 5.24. The van der Waals surface area contributed by atoms with Crippen LogP contribution in [0.25, 0.3) is 0 Å². The summed E-state index contributed by atoms with van der Waals surface area (Å²) in [5.74, 6) is -0.439. The third-order valence-corrected chi connectivity index (χ3v) is 3.71. The van der Waals surface area contributed by atoms with E-state index in [-0.39, 0.29) is 23.6 Å². The summed E-state index contributed by atoms with van der Waals surface area (Å²) in [6.07, 6.45) is 2.40. The van der Waals surface area contributed by atoms with Gasteiger partial charge >= 0.3 is 6.09 Å². The van der Waals surface area contributed by atoms with Gasteiger partial charge in [-0.3, -0.25) is 4.79 Å². The number of nitriles is 1. The van der Waals surface area contributed by atoms with E-state index in [4.69, 9.17) is 10.00 Å². The highest BCUT2D eigenvalue weighted by Gasteiger charge is 2.24. The Hall–Kier alpha value is -2.75.